The molecule has 1 aliphatic rings. The Bertz CT molecular complexity index is 1030. The third kappa shape index (κ3) is 4.50. The lowest BCUT2D eigenvalue weighted by Crippen LogP contribution is -2.51. The Hall–Kier alpha value is -2.67. The molecule has 0 fully saturated rings. The number of amides is 2. The fourth-order valence-electron chi connectivity index (χ4n) is 3.58. The maximum atomic E-state index is 13.0. The zero-order valence-corrected chi connectivity index (χ0v) is 17.6. The number of hydrogen-bond donors (Lipinski definition) is 2. The lowest BCUT2D eigenvalue weighted by molar-refractivity contribution is -0.124. The van der Waals surface area contributed by atoms with Gasteiger partial charge in [0.2, 0.25) is 5.91 Å². The Balaban J connectivity index is 1.79. The molecule has 2 amide bonds. The van der Waals surface area contributed by atoms with Gasteiger partial charge in [-0.25, -0.2) is 8.42 Å². The Morgan fingerprint density at radius 2 is 1.69 bits per heavy atom. The average molecular weight is 415 g/mol. The van der Waals surface area contributed by atoms with Crippen molar-refractivity contribution in [1.82, 2.24) is 10.6 Å². The summed E-state index contributed by atoms with van der Waals surface area (Å²) in [5, 5.41) is 5.78. The quantitative estimate of drug-likeness (QED) is 0.787. The number of nitrogens with one attached hydrogen (secondary N) is 2. The van der Waals surface area contributed by atoms with E-state index in [0.717, 1.165) is 5.56 Å². The average Bonchev–Trinajstić information content (AvgIpc) is 2.68. The molecule has 2 aromatic rings. The van der Waals surface area contributed by atoms with Gasteiger partial charge in [-0.3, -0.25) is 9.59 Å². The first-order chi connectivity index (χ1) is 13.7. The molecule has 29 heavy (non-hydrogen) atoms. The highest BCUT2D eigenvalue weighted by molar-refractivity contribution is 7.91. The van der Waals surface area contributed by atoms with Crippen molar-refractivity contribution >= 4 is 21.7 Å². The van der Waals surface area contributed by atoms with Crippen LogP contribution < -0.4 is 10.6 Å². The van der Waals surface area contributed by atoms with Gasteiger partial charge in [0.25, 0.3) is 5.91 Å². The molecule has 0 bridgehead atoms. The number of hydrogen-bond acceptors (Lipinski definition) is 4. The van der Waals surface area contributed by atoms with E-state index in [4.69, 9.17) is 0 Å². The van der Waals surface area contributed by atoms with E-state index in [1.807, 2.05) is 32.9 Å². The van der Waals surface area contributed by atoms with Crippen molar-refractivity contribution in [1.29, 1.82) is 0 Å². The van der Waals surface area contributed by atoms with E-state index in [-0.39, 0.29) is 28.4 Å². The minimum absolute atomic E-state index is 0.0170. The Labute approximate surface area is 171 Å². The second kappa shape index (κ2) is 8.37. The topological polar surface area (TPSA) is 92.3 Å². The summed E-state index contributed by atoms with van der Waals surface area (Å²) in [6, 6.07) is 12.8. The van der Waals surface area contributed by atoms with E-state index in [1.54, 1.807) is 36.4 Å². The lowest BCUT2D eigenvalue weighted by atomic mass is 9.99. The SMILES string of the molecule is Cc1ccccc1C(=O)N[C@H](C(=O)N[C@@H]1CCS(=O)(=O)c2ccccc21)C(C)C. The van der Waals surface area contributed by atoms with Gasteiger partial charge in [0.1, 0.15) is 6.04 Å². The van der Waals surface area contributed by atoms with Gasteiger partial charge in [0, 0.05) is 5.56 Å². The molecule has 0 radical (unpaired) electrons. The second-order valence-electron chi connectivity index (χ2n) is 7.72. The van der Waals surface area contributed by atoms with Gasteiger partial charge in [0.05, 0.1) is 16.7 Å². The van der Waals surface area contributed by atoms with E-state index < -0.39 is 21.9 Å². The van der Waals surface area contributed by atoms with Gasteiger partial charge in [-0.15, -0.1) is 0 Å². The fraction of sp³-hybridized carbons (Fsp3) is 0.364. The summed E-state index contributed by atoms with van der Waals surface area (Å²) in [5.74, 6) is -0.771. The van der Waals surface area contributed by atoms with E-state index in [2.05, 4.69) is 10.6 Å². The highest BCUT2D eigenvalue weighted by Gasteiger charge is 2.33. The van der Waals surface area contributed by atoms with Gasteiger partial charge in [-0.1, -0.05) is 50.2 Å². The molecule has 3 rings (SSSR count). The van der Waals surface area contributed by atoms with Gasteiger partial charge in [-0.05, 0) is 42.5 Å². The summed E-state index contributed by atoms with van der Waals surface area (Å²) >= 11 is 0. The molecule has 1 heterocycles. The van der Waals surface area contributed by atoms with Crippen molar-refractivity contribution in [3.8, 4) is 0 Å². The molecule has 0 aromatic heterocycles. The van der Waals surface area contributed by atoms with Crippen LogP contribution in [0.25, 0.3) is 0 Å². The van der Waals surface area contributed by atoms with Crippen molar-refractivity contribution in [2.24, 2.45) is 5.92 Å². The summed E-state index contributed by atoms with van der Waals surface area (Å²) in [5.41, 5.74) is 1.96. The molecule has 154 valence electrons. The van der Waals surface area contributed by atoms with E-state index >= 15 is 0 Å². The maximum absolute atomic E-state index is 13.0. The predicted octanol–water partition coefficient (Wildman–Crippen LogP) is 2.78. The summed E-state index contributed by atoms with van der Waals surface area (Å²) in [7, 11) is -3.33. The van der Waals surface area contributed by atoms with Crippen LogP contribution in [0.4, 0.5) is 0 Å². The van der Waals surface area contributed by atoms with Crippen LogP contribution in [-0.2, 0) is 14.6 Å². The number of carbonyl (C=O) groups excluding carboxylic acids is 2. The van der Waals surface area contributed by atoms with Crippen LogP contribution in [0.5, 0.6) is 0 Å². The fourth-order valence-corrected chi connectivity index (χ4v) is 5.20. The standard InChI is InChI=1S/C22H26N2O4S/c1-14(2)20(24-21(25)16-9-5-4-8-15(16)3)22(26)23-18-12-13-29(27,28)19-11-7-6-10-17(18)19/h4-11,14,18,20H,12-13H2,1-3H3,(H,23,26)(H,24,25)/t18-,20+/m1/s1. The van der Waals surface area contributed by atoms with Crippen molar-refractivity contribution in [3.63, 3.8) is 0 Å². The first kappa shape index (κ1) is 21.0. The number of carbonyl (C=O) groups is 2. The number of aryl methyl sites for hydroxylation is 1. The predicted molar refractivity (Wildman–Crippen MR) is 111 cm³/mol. The molecule has 2 aromatic carbocycles. The molecule has 2 N–H and O–H groups in total. The highest BCUT2D eigenvalue weighted by atomic mass is 32.2. The summed E-state index contributed by atoms with van der Waals surface area (Å²) in [4.78, 5) is 26.0. The third-order valence-electron chi connectivity index (χ3n) is 5.25. The maximum Gasteiger partial charge on any atom is 0.252 e. The minimum Gasteiger partial charge on any atom is -0.347 e. The van der Waals surface area contributed by atoms with Crippen LogP contribution >= 0.6 is 0 Å². The van der Waals surface area contributed by atoms with Crippen LogP contribution in [0.1, 0.15) is 47.8 Å². The zero-order chi connectivity index (χ0) is 21.2. The molecule has 7 heteroatoms. The number of rotatable bonds is 5. The van der Waals surface area contributed by atoms with Gasteiger partial charge in [-0.2, -0.15) is 0 Å². The monoisotopic (exact) mass is 414 g/mol. The van der Waals surface area contributed by atoms with Crippen LogP contribution in [0.2, 0.25) is 0 Å². The Kier molecular flexibility index (Phi) is 6.07. The minimum atomic E-state index is -3.33. The molecular formula is C22H26N2O4S. The summed E-state index contributed by atoms with van der Waals surface area (Å²) in [6.45, 7) is 5.57. The molecule has 0 unspecified atom stereocenters. The van der Waals surface area contributed by atoms with Crippen LogP contribution in [0, 0.1) is 12.8 Å². The van der Waals surface area contributed by atoms with Crippen molar-refractivity contribution in [3.05, 3.63) is 65.2 Å². The van der Waals surface area contributed by atoms with Crippen molar-refractivity contribution in [2.75, 3.05) is 5.75 Å². The molecular weight excluding hydrogens is 388 g/mol. The number of sulfone groups is 1. The number of benzene rings is 2. The van der Waals surface area contributed by atoms with Gasteiger partial charge in [0.15, 0.2) is 9.84 Å². The first-order valence-electron chi connectivity index (χ1n) is 9.69. The second-order valence-corrected chi connectivity index (χ2v) is 9.79. The van der Waals surface area contributed by atoms with Crippen LogP contribution in [-0.4, -0.2) is 32.0 Å². The summed E-state index contributed by atoms with van der Waals surface area (Å²) in [6.07, 6.45) is 0.307. The van der Waals surface area contributed by atoms with E-state index in [9.17, 15) is 18.0 Å². The van der Waals surface area contributed by atoms with Crippen LogP contribution in [0.15, 0.2) is 53.4 Å². The molecule has 0 aliphatic carbocycles. The van der Waals surface area contributed by atoms with Crippen molar-refractivity contribution < 1.29 is 18.0 Å². The van der Waals surface area contributed by atoms with Gasteiger partial charge < -0.3 is 10.6 Å². The highest BCUT2D eigenvalue weighted by Crippen LogP contribution is 2.32. The molecule has 0 spiro atoms. The lowest BCUT2D eigenvalue weighted by Gasteiger charge is -2.29. The molecule has 0 saturated heterocycles. The van der Waals surface area contributed by atoms with Crippen molar-refractivity contribution in [2.45, 2.75) is 44.2 Å². The molecule has 1 aliphatic heterocycles. The summed E-state index contributed by atoms with van der Waals surface area (Å²) < 4.78 is 24.6. The first-order valence-corrected chi connectivity index (χ1v) is 11.3. The number of fused-ring (bicyclic) bond motifs is 1. The normalized spacial score (nSPS) is 18.6. The van der Waals surface area contributed by atoms with E-state index in [0.29, 0.717) is 17.5 Å². The van der Waals surface area contributed by atoms with Gasteiger partial charge >= 0.3 is 0 Å². The molecule has 0 saturated carbocycles. The Morgan fingerprint density at radius 1 is 1.03 bits per heavy atom. The third-order valence-corrected chi connectivity index (χ3v) is 7.06. The van der Waals surface area contributed by atoms with Crippen LogP contribution in [0.3, 0.4) is 0 Å². The van der Waals surface area contributed by atoms with E-state index in [1.165, 1.54) is 0 Å². The Morgan fingerprint density at radius 3 is 2.38 bits per heavy atom. The zero-order valence-electron chi connectivity index (χ0n) is 16.8. The smallest absolute Gasteiger partial charge is 0.252 e. The largest absolute Gasteiger partial charge is 0.347 e. The molecule has 2 atom stereocenters. The molecule has 6 nitrogen and oxygen atoms in total.